The van der Waals surface area contributed by atoms with E-state index < -0.39 is 18.2 Å². The van der Waals surface area contributed by atoms with E-state index >= 15 is 0 Å². The van der Waals surface area contributed by atoms with Gasteiger partial charge in [-0.3, -0.25) is 0 Å². The second kappa shape index (κ2) is 4.38. The normalized spacial score (nSPS) is 17.1. The Morgan fingerprint density at radius 1 is 1.50 bits per heavy atom. The fourth-order valence-electron chi connectivity index (χ4n) is 1.40. The Labute approximate surface area is 83.9 Å². The molecule has 76 valence electrons. The number of aliphatic hydroxyl groups excluding tert-OH is 1. The van der Waals surface area contributed by atoms with Crippen molar-refractivity contribution >= 4 is 0 Å². The predicted octanol–water partition coefficient (Wildman–Crippen LogP) is 2.46. The third-order valence-corrected chi connectivity index (χ3v) is 2.66. The van der Waals surface area contributed by atoms with E-state index in [1.165, 1.54) is 0 Å². The Hall–Kier alpha value is -1.15. The van der Waals surface area contributed by atoms with Crippen LogP contribution in [-0.4, -0.2) is 17.9 Å². The van der Waals surface area contributed by atoms with E-state index in [-0.39, 0.29) is 0 Å². The molecule has 0 radical (unpaired) electrons. The highest BCUT2D eigenvalue weighted by Crippen LogP contribution is 2.29. The minimum atomic E-state index is -1.04. The molecule has 0 spiro atoms. The largest absolute Gasteiger partial charge is 0.389 e. The lowest BCUT2D eigenvalue weighted by Crippen LogP contribution is -2.36. The molecule has 0 saturated heterocycles. The van der Waals surface area contributed by atoms with Crippen molar-refractivity contribution in [2.45, 2.75) is 18.4 Å². The van der Waals surface area contributed by atoms with E-state index in [4.69, 9.17) is 0 Å². The molecule has 0 amide bonds. The predicted molar refractivity (Wildman–Crippen MR) is 56.0 cm³/mol. The molecule has 0 unspecified atom stereocenters. The molecule has 0 aliphatic carbocycles. The zero-order chi connectivity index (χ0) is 10.6. The van der Waals surface area contributed by atoms with Gasteiger partial charge in [0.05, 0.1) is 6.10 Å². The maximum absolute atomic E-state index is 12.5. The van der Waals surface area contributed by atoms with Crippen LogP contribution in [0.4, 0.5) is 4.39 Å². The SMILES string of the molecule is C=C[C@](C)(c1ccccc1)[C@H](O)CF. The van der Waals surface area contributed by atoms with Gasteiger partial charge in [-0.25, -0.2) is 4.39 Å². The van der Waals surface area contributed by atoms with E-state index in [0.717, 1.165) is 5.56 Å². The summed E-state index contributed by atoms with van der Waals surface area (Å²) in [7, 11) is 0. The summed E-state index contributed by atoms with van der Waals surface area (Å²) in [6, 6.07) is 9.33. The van der Waals surface area contributed by atoms with E-state index in [0.29, 0.717) is 0 Å². The van der Waals surface area contributed by atoms with Gasteiger partial charge in [0.2, 0.25) is 0 Å². The monoisotopic (exact) mass is 194 g/mol. The van der Waals surface area contributed by atoms with Crippen LogP contribution in [0.15, 0.2) is 43.0 Å². The fourth-order valence-corrected chi connectivity index (χ4v) is 1.40. The lowest BCUT2D eigenvalue weighted by molar-refractivity contribution is 0.0870. The summed E-state index contributed by atoms with van der Waals surface area (Å²) >= 11 is 0. The smallest absolute Gasteiger partial charge is 0.116 e. The topological polar surface area (TPSA) is 20.2 Å². The molecule has 14 heavy (non-hydrogen) atoms. The average molecular weight is 194 g/mol. The standard InChI is InChI=1S/C12H15FO/c1-3-12(2,11(14)9-13)10-7-5-4-6-8-10/h3-8,11,14H,1,9H2,2H3/t11-,12-/m1/s1. The summed E-state index contributed by atoms with van der Waals surface area (Å²) in [5.74, 6) is 0. The minimum absolute atomic E-state index is 0.712. The molecular formula is C12H15FO. The average Bonchev–Trinajstić information content (AvgIpc) is 2.28. The third kappa shape index (κ3) is 1.85. The maximum Gasteiger partial charge on any atom is 0.116 e. The molecule has 0 aliphatic heterocycles. The highest BCUT2D eigenvalue weighted by atomic mass is 19.1. The zero-order valence-corrected chi connectivity index (χ0v) is 8.28. The molecule has 0 bridgehead atoms. The van der Waals surface area contributed by atoms with E-state index in [2.05, 4.69) is 6.58 Å². The fraction of sp³-hybridized carbons (Fsp3) is 0.333. The van der Waals surface area contributed by atoms with Crippen LogP contribution in [0.5, 0.6) is 0 Å². The van der Waals surface area contributed by atoms with Crippen molar-refractivity contribution in [3.63, 3.8) is 0 Å². The number of halogens is 1. The van der Waals surface area contributed by atoms with Crippen LogP contribution in [-0.2, 0) is 5.41 Å². The first-order valence-electron chi connectivity index (χ1n) is 4.58. The molecule has 0 fully saturated rings. The van der Waals surface area contributed by atoms with Gasteiger partial charge in [-0.1, -0.05) is 36.4 Å². The van der Waals surface area contributed by atoms with Gasteiger partial charge < -0.3 is 5.11 Å². The number of hydrogen-bond acceptors (Lipinski definition) is 1. The number of rotatable bonds is 4. The first kappa shape index (κ1) is 10.9. The van der Waals surface area contributed by atoms with Crippen LogP contribution in [0.3, 0.4) is 0 Å². The van der Waals surface area contributed by atoms with Crippen LogP contribution < -0.4 is 0 Å². The molecule has 1 nitrogen and oxygen atoms in total. The van der Waals surface area contributed by atoms with Gasteiger partial charge in [0.1, 0.15) is 6.67 Å². The Kier molecular flexibility index (Phi) is 3.42. The van der Waals surface area contributed by atoms with Crippen molar-refractivity contribution in [1.82, 2.24) is 0 Å². The van der Waals surface area contributed by atoms with E-state index in [1.54, 1.807) is 13.0 Å². The van der Waals surface area contributed by atoms with Crippen molar-refractivity contribution < 1.29 is 9.50 Å². The van der Waals surface area contributed by atoms with Gasteiger partial charge in [-0.2, -0.15) is 0 Å². The van der Waals surface area contributed by atoms with E-state index in [1.807, 2.05) is 30.3 Å². The number of hydrogen-bond donors (Lipinski definition) is 1. The van der Waals surface area contributed by atoms with Gasteiger partial charge in [-0.15, -0.1) is 6.58 Å². The summed E-state index contributed by atoms with van der Waals surface area (Å²) < 4.78 is 12.5. The maximum atomic E-state index is 12.5. The highest BCUT2D eigenvalue weighted by molar-refractivity contribution is 5.30. The molecule has 2 heteroatoms. The highest BCUT2D eigenvalue weighted by Gasteiger charge is 2.31. The Bertz CT molecular complexity index is 296. The first-order chi connectivity index (χ1) is 6.65. The van der Waals surface area contributed by atoms with Gasteiger partial charge >= 0.3 is 0 Å². The summed E-state index contributed by atoms with van der Waals surface area (Å²) in [5, 5.41) is 9.58. The van der Waals surface area contributed by atoms with Gasteiger partial charge in [0.25, 0.3) is 0 Å². The number of alkyl halides is 1. The molecule has 0 aromatic heterocycles. The first-order valence-corrected chi connectivity index (χ1v) is 4.58. The molecule has 0 aliphatic rings. The van der Waals surface area contributed by atoms with Gasteiger partial charge in [0.15, 0.2) is 0 Å². The van der Waals surface area contributed by atoms with Crippen molar-refractivity contribution in [2.75, 3.05) is 6.67 Å². The molecule has 1 aromatic carbocycles. The summed E-state index contributed by atoms with van der Waals surface area (Å²) in [6.07, 6.45) is 0.550. The van der Waals surface area contributed by atoms with E-state index in [9.17, 15) is 9.50 Å². The van der Waals surface area contributed by atoms with Crippen LogP contribution in [0, 0.1) is 0 Å². The lowest BCUT2D eigenvalue weighted by atomic mass is 9.78. The van der Waals surface area contributed by atoms with Crippen LogP contribution >= 0.6 is 0 Å². The number of aliphatic hydroxyl groups is 1. The summed E-state index contributed by atoms with van der Waals surface area (Å²) in [6.45, 7) is 4.66. The Morgan fingerprint density at radius 3 is 2.50 bits per heavy atom. The summed E-state index contributed by atoms with van der Waals surface area (Å²) in [5.41, 5.74) is 0.163. The molecule has 0 saturated carbocycles. The molecule has 1 N–H and O–H groups in total. The molecule has 1 aromatic rings. The summed E-state index contributed by atoms with van der Waals surface area (Å²) in [4.78, 5) is 0. The number of benzene rings is 1. The van der Waals surface area contributed by atoms with Crippen molar-refractivity contribution in [1.29, 1.82) is 0 Å². The molecule has 1 rings (SSSR count). The van der Waals surface area contributed by atoms with Crippen molar-refractivity contribution in [3.8, 4) is 0 Å². The Balaban J connectivity index is 3.08. The van der Waals surface area contributed by atoms with Crippen molar-refractivity contribution in [3.05, 3.63) is 48.6 Å². The molecular weight excluding hydrogens is 179 g/mol. The van der Waals surface area contributed by atoms with Gasteiger partial charge in [0, 0.05) is 5.41 Å². The second-order valence-electron chi connectivity index (χ2n) is 3.52. The van der Waals surface area contributed by atoms with Crippen LogP contribution in [0.2, 0.25) is 0 Å². The third-order valence-electron chi connectivity index (χ3n) is 2.66. The zero-order valence-electron chi connectivity index (χ0n) is 8.28. The quantitative estimate of drug-likeness (QED) is 0.730. The molecule has 0 heterocycles. The second-order valence-corrected chi connectivity index (χ2v) is 3.52. The Morgan fingerprint density at radius 2 is 2.07 bits per heavy atom. The van der Waals surface area contributed by atoms with Gasteiger partial charge in [-0.05, 0) is 12.5 Å². The van der Waals surface area contributed by atoms with Crippen molar-refractivity contribution in [2.24, 2.45) is 0 Å². The minimum Gasteiger partial charge on any atom is -0.389 e. The lowest BCUT2D eigenvalue weighted by Gasteiger charge is -2.30. The van der Waals surface area contributed by atoms with Crippen LogP contribution in [0.25, 0.3) is 0 Å². The molecule has 2 atom stereocenters. The van der Waals surface area contributed by atoms with Crippen LogP contribution in [0.1, 0.15) is 12.5 Å².